The average molecular weight is 483 g/mol. The van der Waals surface area contributed by atoms with Gasteiger partial charge < -0.3 is 14.8 Å². The number of sulfonamides is 1. The number of methoxy groups -OCH3 is 1. The van der Waals surface area contributed by atoms with E-state index in [4.69, 9.17) is 9.47 Å². The maximum absolute atomic E-state index is 13.4. The number of rotatable bonds is 12. The second-order valence-corrected chi connectivity index (χ2v) is 9.42. The number of hydrogen-bond donors (Lipinski definition) is 1. The third-order valence-corrected chi connectivity index (χ3v) is 6.97. The highest BCUT2D eigenvalue weighted by Crippen LogP contribution is 2.25. The lowest BCUT2D eigenvalue weighted by Crippen LogP contribution is -2.41. The highest BCUT2D eigenvalue weighted by atomic mass is 32.2. The van der Waals surface area contributed by atoms with E-state index < -0.39 is 10.0 Å². The minimum absolute atomic E-state index is 0.0899. The lowest BCUT2D eigenvalue weighted by atomic mass is 10.1. The minimum Gasteiger partial charge on any atom is -0.497 e. The summed E-state index contributed by atoms with van der Waals surface area (Å²) in [6, 6.07) is 22.6. The molecule has 0 aliphatic rings. The van der Waals surface area contributed by atoms with Gasteiger partial charge in [-0.2, -0.15) is 0 Å². The second kappa shape index (κ2) is 12.1. The van der Waals surface area contributed by atoms with Crippen LogP contribution in [0.2, 0.25) is 0 Å². The SMILES string of the molecule is CCOc1ccc(S(=O)(=O)N(CC(=O)NCCCc2ccc(OC)cc2)c2ccccc2)cc1. The highest BCUT2D eigenvalue weighted by molar-refractivity contribution is 7.92. The van der Waals surface area contributed by atoms with Crippen molar-refractivity contribution < 1.29 is 22.7 Å². The molecule has 0 heterocycles. The molecule has 0 aromatic heterocycles. The van der Waals surface area contributed by atoms with Crippen molar-refractivity contribution in [3.63, 3.8) is 0 Å². The minimum atomic E-state index is -3.96. The van der Waals surface area contributed by atoms with Gasteiger partial charge in [0.15, 0.2) is 0 Å². The fraction of sp³-hybridized carbons (Fsp3) is 0.269. The quantitative estimate of drug-likeness (QED) is 0.394. The van der Waals surface area contributed by atoms with Crippen LogP contribution in [-0.4, -0.2) is 41.1 Å². The van der Waals surface area contributed by atoms with Crippen molar-refractivity contribution in [2.45, 2.75) is 24.7 Å². The van der Waals surface area contributed by atoms with E-state index in [-0.39, 0.29) is 17.3 Å². The topological polar surface area (TPSA) is 84.9 Å². The molecule has 1 N–H and O–H groups in total. The Bertz CT molecular complexity index is 1150. The number of nitrogens with one attached hydrogen (secondary N) is 1. The number of ether oxygens (including phenoxy) is 2. The van der Waals surface area contributed by atoms with E-state index in [2.05, 4.69) is 5.32 Å². The zero-order valence-corrected chi connectivity index (χ0v) is 20.3. The summed E-state index contributed by atoms with van der Waals surface area (Å²) in [7, 11) is -2.33. The molecule has 0 radical (unpaired) electrons. The molecule has 7 nitrogen and oxygen atoms in total. The van der Waals surface area contributed by atoms with Gasteiger partial charge in [0.2, 0.25) is 5.91 Å². The van der Waals surface area contributed by atoms with Gasteiger partial charge in [0.1, 0.15) is 18.0 Å². The molecule has 3 aromatic carbocycles. The maximum atomic E-state index is 13.4. The molecule has 34 heavy (non-hydrogen) atoms. The molecule has 1 amide bonds. The molecule has 0 fully saturated rings. The van der Waals surface area contributed by atoms with E-state index in [1.54, 1.807) is 49.6 Å². The summed E-state index contributed by atoms with van der Waals surface area (Å²) in [6.07, 6.45) is 1.52. The molecule has 0 atom stereocenters. The summed E-state index contributed by atoms with van der Waals surface area (Å²) in [6.45, 7) is 2.47. The van der Waals surface area contributed by atoms with Gasteiger partial charge in [-0.1, -0.05) is 30.3 Å². The first-order valence-electron chi connectivity index (χ1n) is 11.1. The molecular formula is C26H30N2O5S. The fourth-order valence-electron chi connectivity index (χ4n) is 3.41. The van der Waals surface area contributed by atoms with Crippen LogP contribution in [0.25, 0.3) is 0 Å². The molecule has 0 bridgehead atoms. The van der Waals surface area contributed by atoms with Gasteiger partial charge in [0.25, 0.3) is 10.0 Å². The normalized spacial score (nSPS) is 11.0. The fourth-order valence-corrected chi connectivity index (χ4v) is 4.83. The number of benzene rings is 3. The first-order valence-corrected chi connectivity index (χ1v) is 12.6. The molecule has 0 spiro atoms. The van der Waals surface area contributed by atoms with Gasteiger partial charge in [0.05, 0.1) is 24.3 Å². The van der Waals surface area contributed by atoms with E-state index in [0.717, 1.165) is 28.5 Å². The number of carbonyl (C=O) groups excluding carboxylic acids is 1. The van der Waals surface area contributed by atoms with Gasteiger partial charge in [-0.15, -0.1) is 0 Å². The number of para-hydroxylation sites is 1. The molecular weight excluding hydrogens is 452 g/mol. The maximum Gasteiger partial charge on any atom is 0.264 e. The van der Waals surface area contributed by atoms with Crippen LogP contribution in [0, 0.1) is 0 Å². The standard InChI is InChI=1S/C26H30N2O5S/c1-3-33-24-15-17-25(18-16-24)34(30,31)28(22-9-5-4-6-10-22)20-26(29)27-19-7-8-21-11-13-23(32-2)14-12-21/h4-6,9-18H,3,7-8,19-20H2,1-2H3,(H,27,29). The summed E-state index contributed by atoms with van der Waals surface area (Å²) in [5.74, 6) is 1.02. The second-order valence-electron chi connectivity index (χ2n) is 7.55. The Balaban J connectivity index is 1.65. The van der Waals surface area contributed by atoms with Crippen LogP contribution >= 0.6 is 0 Å². The van der Waals surface area contributed by atoms with Crippen LogP contribution < -0.4 is 19.1 Å². The summed E-state index contributed by atoms with van der Waals surface area (Å²) in [5.41, 5.74) is 1.56. The number of nitrogens with zero attached hydrogens (tertiary/aromatic N) is 1. The zero-order chi connectivity index (χ0) is 24.4. The third kappa shape index (κ3) is 6.74. The number of amides is 1. The van der Waals surface area contributed by atoms with E-state index in [0.29, 0.717) is 24.6 Å². The third-order valence-electron chi connectivity index (χ3n) is 5.18. The van der Waals surface area contributed by atoms with Crippen molar-refractivity contribution in [1.82, 2.24) is 5.32 Å². The van der Waals surface area contributed by atoms with Crippen LogP contribution in [0.5, 0.6) is 11.5 Å². The van der Waals surface area contributed by atoms with Crippen LogP contribution in [0.4, 0.5) is 5.69 Å². The first-order chi connectivity index (χ1) is 16.4. The number of carbonyl (C=O) groups is 1. The van der Waals surface area contributed by atoms with Crippen molar-refractivity contribution >= 4 is 21.6 Å². The Morgan fingerprint density at radius 2 is 1.56 bits per heavy atom. The molecule has 0 aliphatic carbocycles. The average Bonchev–Trinajstić information content (AvgIpc) is 2.86. The van der Waals surface area contributed by atoms with Crippen molar-refractivity contribution in [3.05, 3.63) is 84.4 Å². The molecule has 180 valence electrons. The van der Waals surface area contributed by atoms with E-state index in [1.165, 1.54) is 12.1 Å². The Morgan fingerprint density at radius 1 is 0.912 bits per heavy atom. The summed E-state index contributed by atoms with van der Waals surface area (Å²) in [5, 5.41) is 2.84. The van der Waals surface area contributed by atoms with Gasteiger partial charge in [-0.05, 0) is 73.9 Å². The Morgan fingerprint density at radius 3 is 2.18 bits per heavy atom. The number of aryl methyl sites for hydroxylation is 1. The summed E-state index contributed by atoms with van der Waals surface area (Å²) >= 11 is 0. The predicted octanol–water partition coefficient (Wildman–Crippen LogP) is 4.04. The molecule has 0 saturated carbocycles. The van der Waals surface area contributed by atoms with Gasteiger partial charge in [-0.3, -0.25) is 9.10 Å². The number of hydrogen-bond acceptors (Lipinski definition) is 5. The van der Waals surface area contributed by atoms with Crippen molar-refractivity contribution in [1.29, 1.82) is 0 Å². The zero-order valence-electron chi connectivity index (χ0n) is 19.4. The lowest BCUT2D eigenvalue weighted by Gasteiger charge is -2.24. The van der Waals surface area contributed by atoms with Crippen molar-refractivity contribution in [2.75, 3.05) is 31.1 Å². The van der Waals surface area contributed by atoms with Crippen molar-refractivity contribution in [2.24, 2.45) is 0 Å². The van der Waals surface area contributed by atoms with E-state index in [1.807, 2.05) is 31.2 Å². The molecule has 3 rings (SSSR count). The molecule has 0 aliphatic heterocycles. The van der Waals surface area contributed by atoms with Crippen LogP contribution in [0.3, 0.4) is 0 Å². The predicted molar refractivity (Wildman–Crippen MR) is 133 cm³/mol. The molecule has 0 unspecified atom stereocenters. The van der Waals surface area contributed by atoms with Gasteiger partial charge in [0, 0.05) is 6.54 Å². The Labute approximate surface area is 201 Å². The van der Waals surface area contributed by atoms with E-state index in [9.17, 15) is 13.2 Å². The highest BCUT2D eigenvalue weighted by Gasteiger charge is 2.27. The van der Waals surface area contributed by atoms with E-state index >= 15 is 0 Å². The smallest absolute Gasteiger partial charge is 0.264 e. The van der Waals surface area contributed by atoms with Gasteiger partial charge in [-0.25, -0.2) is 8.42 Å². The van der Waals surface area contributed by atoms with Crippen LogP contribution in [-0.2, 0) is 21.2 Å². The molecule has 8 heteroatoms. The summed E-state index contributed by atoms with van der Waals surface area (Å²) < 4.78 is 38.5. The van der Waals surface area contributed by atoms with Crippen molar-refractivity contribution in [3.8, 4) is 11.5 Å². The van der Waals surface area contributed by atoms with Crippen LogP contribution in [0.15, 0.2) is 83.8 Å². The number of anilines is 1. The summed E-state index contributed by atoms with van der Waals surface area (Å²) in [4.78, 5) is 12.8. The lowest BCUT2D eigenvalue weighted by molar-refractivity contribution is -0.119. The Kier molecular flexibility index (Phi) is 8.93. The Hall–Kier alpha value is -3.52. The first kappa shape index (κ1) is 25.1. The largest absolute Gasteiger partial charge is 0.497 e. The molecule has 0 saturated heterocycles. The monoisotopic (exact) mass is 482 g/mol. The van der Waals surface area contributed by atoms with Gasteiger partial charge >= 0.3 is 0 Å². The van der Waals surface area contributed by atoms with Crippen LogP contribution in [0.1, 0.15) is 18.9 Å². The molecule has 3 aromatic rings.